The lowest BCUT2D eigenvalue weighted by atomic mass is 9.65. The number of carbonyl (C=O) groups excluding carboxylic acids is 4. The minimum atomic E-state index is -0.963. The molecule has 12 heteroatoms. The van der Waals surface area contributed by atoms with Crippen molar-refractivity contribution in [2.45, 2.75) is 403 Å². The van der Waals surface area contributed by atoms with Crippen LogP contribution in [-0.4, -0.2) is 98.6 Å². The van der Waals surface area contributed by atoms with Crippen molar-refractivity contribution in [3.8, 4) is 0 Å². The Kier molecular flexibility index (Phi) is 36.3. The smallest absolute Gasteiger partial charge is 0.159 e. The van der Waals surface area contributed by atoms with Crippen molar-refractivity contribution in [2.24, 2.45) is 46.3 Å². The Hall–Kier alpha value is 1.48. The molecule has 9 unspecified atom stereocenters. The summed E-state index contributed by atoms with van der Waals surface area (Å²) in [4.78, 5) is 61.0. The molecule has 0 saturated heterocycles. The lowest BCUT2D eigenvalue weighted by Crippen LogP contribution is -2.65. The number of ketones is 4. The summed E-state index contributed by atoms with van der Waals surface area (Å²) < 4.78 is -2.00. The lowest BCUT2D eigenvalue weighted by molar-refractivity contribution is -0.120. The molecule has 0 radical (unpaired) electrons. The average molecular weight is 1470 g/mol. The zero-order valence-corrected chi connectivity index (χ0v) is 68.5. The van der Waals surface area contributed by atoms with Crippen molar-refractivity contribution in [2.75, 3.05) is 46.0 Å². The number of carbonyl (C=O) groups is 4. The molecule has 9 aliphatic carbocycles. The molecule has 4 nitrogen and oxygen atoms in total. The second-order valence-electron chi connectivity index (χ2n) is 34.3. The topological polar surface area (TPSA) is 68.3 Å². The molecular weight excluding hydrogens is 1330 g/mol. The maximum absolute atomic E-state index is 16.0. The molecule has 96 heavy (non-hydrogen) atoms. The molecule has 9 rings (SSSR count). The van der Waals surface area contributed by atoms with E-state index in [2.05, 4.69) is 25.6 Å². The van der Waals surface area contributed by atoms with E-state index in [1.165, 1.54) is 315 Å². The second-order valence-corrected chi connectivity index (χ2v) is 43.0. The van der Waals surface area contributed by atoms with E-state index in [4.69, 9.17) is 25.3 Å². The van der Waals surface area contributed by atoms with Crippen LogP contribution in [0.25, 0.3) is 0 Å². The maximum atomic E-state index is 16.0. The van der Waals surface area contributed by atoms with Gasteiger partial charge in [-0.2, -0.15) is 60.5 Å². The minimum Gasteiger partial charge on any atom is -0.298 e. The quantitative estimate of drug-likeness (QED) is 0.0741. The third-order valence-corrected chi connectivity index (χ3v) is 38.9. The van der Waals surface area contributed by atoms with Gasteiger partial charge in [-0.05, 0) is 181 Å². The highest BCUT2D eigenvalue weighted by Gasteiger charge is 2.66. The Balaban J connectivity index is 1.00. The number of fused-ring (bicyclic) bond motifs is 1. The number of rotatable bonds is 28. The molecular formula is C84H144O4S8. The Morgan fingerprint density at radius 1 is 0.406 bits per heavy atom. The molecule has 9 aliphatic rings. The standard InChI is InChI=1S/C84H144O4S8/c1-3-67-35-24-19-25-37-69(77(67)4-2)40-41-71(60-91-61-72(85)62-92-75-43-54-79(55-44-75)45-26-20-27-46-79)81(50-30-15-9-5-6-10-16-31-51-81)94-64-74(87)65-95-82(52-32-17-11-7-8-12-18-33-53-82)84(56-42-68-36-22-13-14-23-38-70(68)57-83(84,90)78(88)59-89)96-66-73(86)63-93-76-39-34-49-80(58-76)47-28-21-29-48-80/h67-71,75-77,89-90H,3-66H2,1-2H3. The summed E-state index contributed by atoms with van der Waals surface area (Å²) in [5.74, 6) is 9.72. The van der Waals surface area contributed by atoms with Crippen LogP contribution in [0, 0.1) is 46.3 Å². The van der Waals surface area contributed by atoms with E-state index in [1.807, 2.05) is 58.8 Å². The van der Waals surface area contributed by atoms with Crippen LogP contribution in [0.3, 0.4) is 0 Å². The van der Waals surface area contributed by atoms with Crippen LogP contribution >= 0.6 is 95.8 Å². The van der Waals surface area contributed by atoms with Gasteiger partial charge in [-0.25, -0.2) is 0 Å². The summed E-state index contributed by atoms with van der Waals surface area (Å²) >= 11 is 23.1. The SMILES string of the molecule is CCC1CCCCCC(CCC(CSCC(=O)CSC2CCC3(CCCCC3)CC2)C2(SCC(=O)CSC3(C4(SCC(=O)CSC5CCCC6(CCCCC6)C5)CCC5CCCCCCC5CC4(S)C(=O)CS)CCCCCCCCCC3)CCCCCCCCCC2)C1CC. The molecule has 552 valence electrons. The summed E-state index contributed by atoms with van der Waals surface area (Å²) in [5, 5.41) is 1.21. The first-order valence-electron chi connectivity index (χ1n) is 42.0. The Labute approximate surface area is 628 Å². The maximum Gasteiger partial charge on any atom is 0.159 e. The fourth-order valence-corrected chi connectivity index (χ4v) is 33.1. The molecule has 0 N–H and O–H groups in total. The number of thioether (sulfide) groups is 6. The van der Waals surface area contributed by atoms with Gasteiger partial charge in [0, 0.05) is 20.0 Å². The van der Waals surface area contributed by atoms with Gasteiger partial charge in [0.05, 0.1) is 49.8 Å². The first-order valence-corrected chi connectivity index (χ1v) is 49.3. The van der Waals surface area contributed by atoms with Crippen LogP contribution in [0.1, 0.15) is 373 Å². The van der Waals surface area contributed by atoms with Gasteiger partial charge in [-0.3, -0.25) is 19.2 Å². The predicted octanol–water partition coefficient (Wildman–Crippen LogP) is 25.9. The van der Waals surface area contributed by atoms with Gasteiger partial charge in [-0.1, -0.05) is 245 Å². The summed E-state index contributed by atoms with van der Waals surface area (Å²) in [6, 6.07) is 0. The van der Waals surface area contributed by atoms with E-state index in [0.717, 1.165) is 68.5 Å². The molecule has 0 aliphatic heterocycles. The average Bonchev–Trinajstić information content (AvgIpc) is 1.22. The Morgan fingerprint density at radius 3 is 1.50 bits per heavy atom. The molecule has 0 aromatic heterocycles. The minimum absolute atomic E-state index is 0.00915. The van der Waals surface area contributed by atoms with E-state index < -0.39 is 14.2 Å². The fraction of sp³-hybridized carbons (Fsp3) is 0.952. The fourth-order valence-electron chi connectivity index (χ4n) is 22.4. The van der Waals surface area contributed by atoms with Crippen LogP contribution in [0.2, 0.25) is 0 Å². The molecule has 9 atom stereocenters. The van der Waals surface area contributed by atoms with Crippen LogP contribution < -0.4 is 0 Å². The highest BCUT2D eigenvalue weighted by atomic mass is 32.2. The van der Waals surface area contributed by atoms with Gasteiger partial charge in [0.1, 0.15) is 0 Å². The Morgan fingerprint density at radius 2 is 0.885 bits per heavy atom. The largest absolute Gasteiger partial charge is 0.298 e. The number of hydrogen-bond acceptors (Lipinski definition) is 12. The van der Waals surface area contributed by atoms with Crippen LogP contribution in [0.4, 0.5) is 0 Å². The molecule has 0 aromatic carbocycles. The summed E-state index contributed by atoms with van der Waals surface area (Å²) in [6.07, 6.45) is 71.2. The normalized spacial score (nSPS) is 32.1. The van der Waals surface area contributed by atoms with Crippen LogP contribution in [-0.2, 0) is 19.2 Å². The first kappa shape index (κ1) is 81.6. The van der Waals surface area contributed by atoms with Gasteiger partial charge in [0.25, 0.3) is 0 Å². The lowest BCUT2D eigenvalue weighted by Gasteiger charge is -2.58. The molecule has 0 amide bonds. The number of thiol groups is 2. The summed E-state index contributed by atoms with van der Waals surface area (Å²) in [6.45, 7) is 4.97. The van der Waals surface area contributed by atoms with Crippen LogP contribution in [0.5, 0.6) is 0 Å². The van der Waals surface area contributed by atoms with E-state index in [-0.39, 0.29) is 16.3 Å². The van der Waals surface area contributed by atoms with Gasteiger partial charge in [-0.15, -0.1) is 35.3 Å². The highest BCUT2D eigenvalue weighted by molar-refractivity contribution is 8.06. The number of Topliss-reactive ketones (excluding diaryl/α,β-unsaturated/α-hetero) is 4. The molecule has 0 bridgehead atoms. The molecule has 2 spiro atoms. The molecule has 0 heterocycles. The third kappa shape index (κ3) is 23.5. The van der Waals surface area contributed by atoms with Crippen molar-refractivity contribution >= 4 is 119 Å². The number of hydrogen-bond donors (Lipinski definition) is 2. The van der Waals surface area contributed by atoms with Crippen molar-refractivity contribution in [3.63, 3.8) is 0 Å². The Bertz CT molecular complexity index is 2230. The van der Waals surface area contributed by atoms with Crippen LogP contribution in [0.15, 0.2) is 0 Å². The predicted molar refractivity (Wildman–Crippen MR) is 437 cm³/mol. The molecule has 9 saturated carbocycles. The van der Waals surface area contributed by atoms with Gasteiger partial charge >= 0.3 is 0 Å². The van der Waals surface area contributed by atoms with E-state index in [1.54, 1.807) is 0 Å². The molecule has 9 fully saturated rings. The van der Waals surface area contributed by atoms with E-state index in [0.29, 0.717) is 91.0 Å². The summed E-state index contributed by atoms with van der Waals surface area (Å²) in [7, 11) is 0. The van der Waals surface area contributed by atoms with E-state index in [9.17, 15) is 4.79 Å². The van der Waals surface area contributed by atoms with Gasteiger partial charge < -0.3 is 0 Å². The first-order chi connectivity index (χ1) is 46.8. The van der Waals surface area contributed by atoms with Crippen molar-refractivity contribution in [1.29, 1.82) is 0 Å². The van der Waals surface area contributed by atoms with E-state index >= 15 is 14.4 Å². The van der Waals surface area contributed by atoms with Crippen molar-refractivity contribution < 1.29 is 19.2 Å². The van der Waals surface area contributed by atoms with Gasteiger partial charge in [0.2, 0.25) is 0 Å². The highest BCUT2D eigenvalue weighted by Crippen LogP contribution is 2.65. The van der Waals surface area contributed by atoms with Gasteiger partial charge in [0.15, 0.2) is 23.1 Å². The second kappa shape index (κ2) is 42.7. The third-order valence-electron chi connectivity index (χ3n) is 28.1. The molecule has 0 aromatic rings. The summed E-state index contributed by atoms with van der Waals surface area (Å²) in [5.41, 5.74) is 1.12. The van der Waals surface area contributed by atoms with Crippen molar-refractivity contribution in [3.05, 3.63) is 0 Å². The zero-order valence-electron chi connectivity index (χ0n) is 61.9. The monoisotopic (exact) mass is 1470 g/mol. The zero-order chi connectivity index (χ0) is 67.4. The van der Waals surface area contributed by atoms with Crippen molar-refractivity contribution in [1.82, 2.24) is 0 Å².